The van der Waals surface area contributed by atoms with Crippen LogP contribution in [0.3, 0.4) is 0 Å². The number of fused-ring (bicyclic) bond motifs is 1. The van der Waals surface area contributed by atoms with Gasteiger partial charge in [0.2, 0.25) is 5.91 Å². The Labute approximate surface area is 96.0 Å². The first kappa shape index (κ1) is 10.7. The molecule has 3 fully saturated rings. The van der Waals surface area contributed by atoms with Crippen LogP contribution in [-0.2, 0) is 4.79 Å². The number of rotatable bonds is 1. The number of alkyl halides is 2. The summed E-state index contributed by atoms with van der Waals surface area (Å²) in [7, 11) is 0. The Bertz CT molecular complexity index is 381. The lowest BCUT2D eigenvalue weighted by molar-refractivity contribution is -0.167. The Hall–Kier alpha value is -1.40. The monoisotopic (exact) mass is 246 g/mol. The molecule has 0 bridgehead atoms. The van der Waals surface area contributed by atoms with E-state index in [-0.39, 0.29) is 23.7 Å². The average molecular weight is 246 g/mol. The molecule has 2 amide bonds. The van der Waals surface area contributed by atoms with Gasteiger partial charge in [-0.05, 0) is 11.8 Å². The molecule has 94 valence electrons. The van der Waals surface area contributed by atoms with Crippen LogP contribution in [0.25, 0.3) is 0 Å². The number of likely N-dealkylation sites (tertiary alicyclic amines) is 2. The number of carbonyl (C=O) groups excluding carboxylic acids is 1. The Morgan fingerprint density at radius 1 is 1.12 bits per heavy atom. The summed E-state index contributed by atoms with van der Waals surface area (Å²) in [6, 6.07) is 0. The van der Waals surface area contributed by atoms with Crippen LogP contribution in [0.2, 0.25) is 0 Å². The molecule has 2 heterocycles. The van der Waals surface area contributed by atoms with Crippen molar-refractivity contribution in [2.24, 2.45) is 17.8 Å². The Balaban J connectivity index is 1.54. The summed E-state index contributed by atoms with van der Waals surface area (Å²) < 4.78 is 25.2. The molecule has 0 aromatic rings. The number of nitrogens with zero attached hydrogens (tertiary/aromatic N) is 2. The molecule has 7 heteroatoms. The van der Waals surface area contributed by atoms with Crippen LogP contribution in [0.4, 0.5) is 13.6 Å². The van der Waals surface area contributed by atoms with E-state index >= 15 is 0 Å². The van der Waals surface area contributed by atoms with Crippen molar-refractivity contribution in [3.63, 3.8) is 0 Å². The summed E-state index contributed by atoms with van der Waals surface area (Å²) in [5.41, 5.74) is 0. The van der Waals surface area contributed by atoms with Crippen LogP contribution in [-0.4, -0.2) is 59.0 Å². The number of hydrogen-bond acceptors (Lipinski definition) is 2. The molecule has 3 atom stereocenters. The summed E-state index contributed by atoms with van der Waals surface area (Å²) in [5.74, 6) is -3.08. The molecule has 2 aliphatic heterocycles. The van der Waals surface area contributed by atoms with E-state index in [0.717, 1.165) is 0 Å². The fourth-order valence-corrected chi connectivity index (χ4v) is 2.93. The lowest BCUT2D eigenvalue weighted by Gasteiger charge is -2.39. The minimum absolute atomic E-state index is 0.0489. The van der Waals surface area contributed by atoms with E-state index in [9.17, 15) is 18.4 Å². The molecule has 2 saturated heterocycles. The Kier molecular flexibility index (Phi) is 1.95. The third kappa shape index (κ3) is 1.56. The van der Waals surface area contributed by atoms with Crippen LogP contribution in [0, 0.1) is 17.8 Å². The van der Waals surface area contributed by atoms with Crippen molar-refractivity contribution in [2.45, 2.75) is 5.92 Å². The fourth-order valence-electron chi connectivity index (χ4n) is 2.93. The van der Waals surface area contributed by atoms with E-state index in [1.165, 1.54) is 9.80 Å². The first-order valence-corrected chi connectivity index (χ1v) is 5.53. The van der Waals surface area contributed by atoms with Gasteiger partial charge in [0.05, 0.1) is 13.1 Å². The number of amides is 2. The van der Waals surface area contributed by atoms with Gasteiger partial charge in [-0.25, -0.2) is 13.6 Å². The van der Waals surface area contributed by atoms with Gasteiger partial charge in [0.25, 0.3) is 5.92 Å². The molecule has 5 nitrogen and oxygen atoms in total. The Morgan fingerprint density at radius 2 is 1.65 bits per heavy atom. The molecular weight excluding hydrogens is 234 g/mol. The van der Waals surface area contributed by atoms with Gasteiger partial charge < -0.3 is 14.9 Å². The van der Waals surface area contributed by atoms with Crippen LogP contribution in [0.1, 0.15) is 0 Å². The molecule has 0 spiro atoms. The van der Waals surface area contributed by atoms with Crippen LogP contribution in [0.5, 0.6) is 0 Å². The Morgan fingerprint density at radius 3 is 2.06 bits per heavy atom. The minimum atomic E-state index is -2.73. The van der Waals surface area contributed by atoms with Crippen molar-refractivity contribution in [2.75, 3.05) is 26.2 Å². The third-order valence-corrected chi connectivity index (χ3v) is 3.91. The molecule has 1 N–H and O–H groups in total. The number of carbonyl (C=O) groups is 2. The van der Waals surface area contributed by atoms with E-state index in [2.05, 4.69) is 0 Å². The van der Waals surface area contributed by atoms with Gasteiger partial charge in [-0.15, -0.1) is 0 Å². The maximum absolute atomic E-state index is 12.6. The SMILES string of the molecule is O=C(O)N1C[C@@H]2[C@H](C1)[C@@H]2C(=O)N1CC(F)(F)C1. The number of hydrogen-bond donors (Lipinski definition) is 1. The third-order valence-electron chi connectivity index (χ3n) is 3.91. The van der Waals surface area contributed by atoms with Crippen molar-refractivity contribution in [1.82, 2.24) is 9.80 Å². The number of piperidine rings is 1. The zero-order valence-electron chi connectivity index (χ0n) is 8.97. The summed E-state index contributed by atoms with van der Waals surface area (Å²) >= 11 is 0. The quantitative estimate of drug-likeness (QED) is 0.724. The van der Waals surface area contributed by atoms with Crippen molar-refractivity contribution in [3.8, 4) is 0 Å². The minimum Gasteiger partial charge on any atom is -0.465 e. The lowest BCUT2D eigenvalue weighted by Crippen LogP contribution is -2.59. The van der Waals surface area contributed by atoms with Gasteiger partial charge >= 0.3 is 6.09 Å². The van der Waals surface area contributed by atoms with Gasteiger partial charge in [0, 0.05) is 19.0 Å². The first-order valence-electron chi connectivity index (χ1n) is 5.53. The average Bonchev–Trinajstić information content (AvgIpc) is 2.67. The van der Waals surface area contributed by atoms with Gasteiger partial charge in [-0.2, -0.15) is 0 Å². The summed E-state index contributed by atoms with van der Waals surface area (Å²) in [6.07, 6.45) is -0.973. The normalized spacial score (nSPS) is 37.4. The molecule has 1 aliphatic carbocycles. The largest absolute Gasteiger partial charge is 0.465 e. The maximum atomic E-state index is 12.6. The highest BCUT2D eigenvalue weighted by Crippen LogP contribution is 2.53. The highest BCUT2D eigenvalue weighted by molar-refractivity contribution is 5.84. The van der Waals surface area contributed by atoms with Gasteiger partial charge in [0.15, 0.2) is 0 Å². The van der Waals surface area contributed by atoms with E-state index in [0.29, 0.717) is 13.1 Å². The number of carboxylic acid groups (broad SMARTS) is 1. The second-order valence-electron chi connectivity index (χ2n) is 5.09. The van der Waals surface area contributed by atoms with Crippen LogP contribution >= 0.6 is 0 Å². The molecule has 0 aromatic carbocycles. The van der Waals surface area contributed by atoms with E-state index in [4.69, 9.17) is 5.11 Å². The zero-order valence-corrected chi connectivity index (χ0v) is 8.97. The lowest BCUT2D eigenvalue weighted by atomic mass is 10.1. The highest BCUT2D eigenvalue weighted by atomic mass is 19.3. The number of halogens is 2. The van der Waals surface area contributed by atoms with E-state index < -0.39 is 25.1 Å². The zero-order chi connectivity index (χ0) is 12.4. The second kappa shape index (κ2) is 3.08. The predicted molar refractivity (Wildman–Crippen MR) is 51.6 cm³/mol. The summed E-state index contributed by atoms with van der Waals surface area (Å²) in [4.78, 5) is 24.9. The first-order chi connectivity index (χ1) is 7.89. The van der Waals surface area contributed by atoms with E-state index in [1.807, 2.05) is 0 Å². The molecule has 3 rings (SSSR count). The highest BCUT2D eigenvalue weighted by Gasteiger charge is 2.63. The van der Waals surface area contributed by atoms with Gasteiger partial charge in [0.1, 0.15) is 0 Å². The molecule has 17 heavy (non-hydrogen) atoms. The van der Waals surface area contributed by atoms with Crippen LogP contribution < -0.4 is 0 Å². The molecule has 3 aliphatic rings. The van der Waals surface area contributed by atoms with Crippen molar-refractivity contribution in [1.29, 1.82) is 0 Å². The van der Waals surface area contributed by atoms with Crippen LogP contribution in [0.15, 0.2) is 0 Å². The predicted octanol–water partition coefficient (Wildman–Crippen LogP) is 0.320. The molecule has 0 radical (unpaired) electrons. The smallest absolute Gasteiger partial charge is 0.407 e. The van der Waals surface area contributed by atoms with Crippen molar-refractivity contribution < 1.29 is 23.5 Å². The van der Waals surface area contributed by atoms with Gasteiger partial charge in [-0.1, -0.05) is 0 Å². The molecule has 0 aromatic heterocycles. The topological polar surface area (TPSA) is 60.9 Å². The summed E-state index contributed by atoms with van der Waals surface area (Å²) in [5, 5.41) is 8.74. The molecular formula is C10H12F2N2O3. The van der Waals surface area contributed by atoms with Gasteiger partial charge in [-0.3, -0.25) is 4.79 Å². The second-order valence-corrected chi connectivity index (χ2v) is 5.09. The maximum Gasteiger partial charge on any atom is 0.407 e. The summed E-state index contributed by atoms with van der Waals surface area (Å²) in [6.45, 7) is -0.240. The van der Waals surface area contributed by atoms with Crippen molar-refractivity contribution in [3.05, 3.63) is 0 Å². The van der Waals surface area contributed by atoms with E-state index in [1.54, 1.807) is 0 Å². The standard InChI is InChI=1S/C10H12F2N2O3/c11-10(12)3-14(4-10)8(15)7-5-1-13(9(16)17)2-6(5)7/h5-7H,1-4H2,(H,16,17)/t5-,6+,7-. The van der Waals surface area contributed by atoms with Crippen molar-refractivity contribution >= 4 is 12.0 Å². The fraction of sp³-hybridized carbons (Fsp3) is 0.800. The molecule has 0 unspecified atom stereocenters. The molecule has 1 saturated carbocycles.